The van der Waals surface area contributed by atoms with Crippen molar-refractivity contribution in [3.63, 3.8) is 0 Å². The number of allylic oxidation sites excluding steroid dienone is 1. The first-order chi connectivity index (χ1) is 9.27. The van der Waals surface area contributed by atoms with Gasteiger partial charge in [-0.1, -0.05) is 49.6 Å². The zero-order chi connectivity index (χ0) is 13.7. The van der Waals surface area contributed by atoms with Crippen molar-refractivity contribution in [2.45, 2.75) is 6.92 Å². The molecule has 0 saturated heterocycles. The molecule has 0 unspecified atom stereocenters. The molecular formula is C17H16N2. The van der Waals surface area contributed by atoms with E-state index in [4.69, 9.17) is 0 Å². The minimum atomic E-state index is 0.814. The van der Waals surface area contributed by atoms with Crippen LogP contribution in [-0.4, -0.2) is 12.1 Å². The second-order valence-corrected chi connectivity index (χ2v) is 4.12. The van der Waals surface area contributed by atoms with Crippen molar-refractivity contribution in [2.24, 2.45) is 9.98 Å². The smallest absolute Gasteiger partial charge is 0.115 e. The molecule has 2 rings (SSSR count). The lowest BCUT2D eigenvalue weighted by molar-refractivity contribution is 1.48. The molecule has 0 bridgehead atoms. The predicted octanol–water partition coefficient (Wildman–Crippen LogP) is 4.30. The van der Waals surface area contributed by atoms with Crippen molar-refractivity contribution in [2.75, 3.05) is 0 Å². The number of aryl methyl sites for hydroxylation is 1. The average molecular weight is 248 g/mol. The maximum absolute atomic E-state index is 4.31. The summed E-state index contributed by atoms with van der Waals surface area (Å²) in [7, 11) is 0. The van der Waals surface area contributed by atoms with Gasteiger partial charge >= 0.3 is 0 Å². The fraction of sp³-hybridized carbons (Fsp3) is 0.0588. The summed E-state index contributed by atoms with van der Waals surface area (Å²) >= 11 is 0. The highest BCUT2D eigenvalue weighted by Gasteiger charge is 2.06. The van der Waals surface area contributed by atoms with E-state index in [-0.39, 0.29) is 0 Å². The van der Waals surface area contributed by atoms with Crippen LogP contribution in [0.4, 0.5) is 0 Å². The molecule has 0 radical (unpaired) electrons. The Morgan fingerprint density at radius 2 is 1.89 bits per heavy atom. The summed E-state index contributed by atoms with van der Waals surface area (Å²) in [4.78, 5) is 8.19. The van der Waals surface area contributed by atoms with Gasteiger partial charge in [0, 0.05) is 11.8 Å². The van der Waals surface area contributed by atoms with Gasteiger partial charge in [-0.05, 0) is 29.3 Å². The second kappa shape index (κ2) is 5.91. The van der Waals surface area contributed by atoms with E-state index < -0.39 is 0 Å². The van der Waals surface area contributed by atoms with Crippen molar-refractivity contribution in [3.05, 3.63) is 73.0 Å². The van der Waals surface area contributed by atoms with E-state index in [9.17, 15) is 0 Å². The molecule has 19 heavy (non-hydrogen) atoms. The summed E-state index contributed by atoms with van der Waals surface area (Å²) in [6, 6.07) is 12.5. The molecule has 0 saturated carbocycles. The van der Waals surface area contributed by atoms with Gasteiger partial charge in [0.1, 0.15) is 6.34 Å². The highest BCUT2D eigenvalue weighted by atomic mass is 14.8. The van der Waals surface area contributed by atoms with Crippen LogP contribution in [0.5, 0.6) is 0 Å². The first-order valence-electron chi connectivity index (χ1n) is 6.09. The molecule has 0 spiro atoms. The molecule has 0 aliphatic rings. The first-order valence-corrected chi connectivity index (χ1v) is 6.09. The largest absolute Gasteiger partial charge is 0.245 e. The van der Waals surface area contributed by atoms with Crippen LogP contribution in [0.1, 0.15) is 11.1 Å². The van der Waals surface area contributed by atoms with E-state index in [0.29, 0.717) is 0 Å². The minimum Gasteiger partial charge on any atom is -0.245 e. The van der Waals surface area contributed by atoms with Crippen LogP contribution in [-0.2, 0) is 0 Å². The zero-order valence-electron chi connectivity index (χ0n) is 11.0. The second-order valence-electron chi connectivity index (χ2n) is 4.12. The van der Waals surface area contributed by atoms with Crippen LogP contribution in [0.2, 0.25) is 0 Å². The van der Waals surface area contributed by atoms with Gasteiger partial charge in [0.15, 0.2) is 0 Å². The maximum atomic E-state index is 4.31. The summed E-state index contributed by atoms with van der Waals surface area (Å²) in [5.41, 5.74) is 3.09. The Balaban J connectivity index is 2.58. The lowest BCUT2D eigenvalue weighted by atomic mass is 9.97. The summed E-state index contributed by atoms with van der Waals surface area (Å²) in [5, 5.41) is 2.46. The third-order valence-electron chi connectivity index (χ3n) is 3.04. The number of fused-ring (bicyclic) bond motifs is 1. The quantitative estimate of drug-likeness (QED) is 0.569. The maximum Gasteiger partial charge on any atom is 0.115 e. The Kier molecular flexibility index (Phi) is 4.04. The van der Waals surface area contributed by atoms with Crippen LogP contribution in [0.3, 0.4) is 0 Å². The number of hydrogen-bond donors (Lipinski definition) is 0. The molecule has 0 aliphatic heterocycles. The molecule has 0 aromatic heterocycles. The Hall–Kier alpha value is -2.48. The predicted molar refractivity (Wildman–Crippen MR) is 84.1 cm³/mol. The van der Waals surface area contributed by atoms with E-state index >= 15 is 0 Å². The van der Waals surface area contributed by atoms with Crippen molar-refractivity contribution >= 4 is 22.8 Å². The van der Waals surface area contributed by atoms with E-state index in [2.05, 4.69) is 54.3 Å². The molecule has 0 fully saturated rings. The summed E-state index contributed by atoms with van der Waals surface area (Å²) in [6.45, 7) is 9.44. The Bertz CT molecular complexity index is 679. The van der Waals surface area contributed by atoms with Gasteiger partial charge in [-0.2, -0.15) is 0 Å². The Labute approximate surface area is 113 Å². The lowest BCUT2D eigenvalue weighted by Crippen LogP contribution is -2.00. The van der Waals surface area contributed by atoms with Gasteiger partial charge in [-0.25, -0.2) is 9.98 Å². The number of aliphatic imine (C=N–C) groups is 2. The summed E-state index contributed by atoms with van der Waals surface area (Å²) < 4.78 is 0. The summed E-state index contributed by atoms with van der Waals surface area (Å²) in [6.07, 6.45) is 4.68. The van der Waals surface area contributed by atoms with Gasteiger partial charge in [-0.3, -0.25) is 0 Å². The van der Waals surface area contributed by atoms with Gasteiger partial charge in [0.2, 0.25) is 0 Å². The summed E-state index contributed by atoms with van der Waals surface area (Å²) in [5.74, 6) is 0. The van der Waals surface area contributed by atoms with E-state index in [0.717, 1.165) is 11.3 Å². The fourth-order valence-electron chi connectivity index (χ4n) is 2.08. The van der Waals surface area contributed by atoms with Gasteiger partial charge in [0.25, 0.3) is 0 Å². The molecule has 2 aromatic carbocycles. The highest BCUT2D eigenvalue weighted by molar-refractivity contribution is 6.14. The molecule has 0 amide bonds. The number of rotatable bonds is 4. The van der Waals surface area contributed by atoms with Crippen molar-refractivity contribution in [3.8, 4) is 0 Å². The van der Waals surface area contributed by atoms with Crippen LogP contribution >= 0.6 is 0 Å². The number of benzene rings is 2. The van der Waals surface area contributed by atoms with Crippen molar-refractivity contribution in [1.29, 1.82) is 0 Å². The average Bonchev–Trinajstić information content (AvgIpc) is 2.45. The van der Waals surface area contributed by atoms with Gasteiger partial charge < -0.3 is 0 Å². The topological polar surface area (TPSA) is 24.7 Å². The molecule has 2 aromatic rings. The lowest BCUT2D eigenvalue weighted by Gasteiger charge is -2.09. The monoisotopic (exact) mass is 248 g/mol. The number of hydrogen-bond acceptors (Lipinski definition) is 1. The van der Waals surface area contributed by atoms with E-state index in [1.807, 2.05) is 12.1 Å². The molecule has 2 heteroatoms. The Morgan fingerprint density at radius 1 is 1.11 bits per heavy atom. The van der Waals surface area contributed by atoms with Crippen molar-refractivity contribution in [1.82, 2.24) is 0 Å². The molecule has 0 aliphatic carbocycles. The van der Waals surface area contributed by atoms with Crippen LogP contribution in [0, 0.1) is 6.92 Å². The van der Waals surface area contributed by atoms with E-state index in [1.165, 1.54) is 28.9 Å². The molecule has 0 heterocycles. The van der Waals surface area contributed by atoms with Crippen LogP contribution < -0.4 is 0 Å². The highest BCUT2D eigenvalue weighted by Crippen LogP contribution is 2.22. The minimum absolute atomic E-state index is 0.814. The van der Waals surface area contributed by atoms with Crippen LogP contribution in [0.15, 0.2) is 71.8 Å². The standard InChI is InChI=1S/C17H16N2/c1-4-17(19-12-18-5-2)16-11-10-14-8-6-7-9-15(14)13(16)3/h4-12H,1-2H2,3H3/b18-12-,19-17+. The third-order valence-corrected chi connectivity index (χ3v) is 3.04. The van der Waals surface area contributed by atoms with E-state index in [1.54, 1.807) is 6.08 Å². The molecule has 2 nitrogen and oxygen atoms in total. The first kappa shape index (κ1) is 13.0. The van der Waals surface area contributed by atoms with Gasteiger partial charge in [-0.15, -0.1) is 0 Å². The third kappa shape index (κ3) is 2.68. The van der Waals surface area contributed by atoms with Gasteiger partial charge in [0.05, 0.1) is 5.71 Å². The molecule has 0 atom stereocenters. The number of nitrogens with zero attached hydrogens (tertiary/aromatic N) is 2. The van der Waals surface area contributed by atoms with Crippen LogP contribution in [0.25, 0.3) is 10.8 Å². The fourth-order valence-corrected chi connectivity index (χ4v) is 2.08. The SMILES string of the molecule is C=C/N=C\N=C(/C=C)c1ccc2ccccc2c1C. The Morgan fingerprint density at radius 3 is 2.63 bits per heavy atom. The molecular weight excluding hydrogens is 232 g/mol. The molecule has 0 N–H and O–H groups in total. The molecule has 94 valence electrons. The normalized spacial score (nSPS) is 11.9. The van der Waals surface area contributed by atoms with Crippen molar-refractivity contribution < 1.29 is 0 Å². The zero-order valence-corrected chi connectivity index (χ0v) is 11.0.